The van der Waals surface area contributed by atoms with E-state index >= 15 is 0 Å². The maximum absolute atomic E-state index is 13.0. The standard InChI is InChI=1S/C21H24N2O2S/c1-15-7-4-10-19(16(15)2)23(21-22-11-6-12-26-21)14-20(24)17-8-5-9-18(13-17)25-3/h4-5,7-10,13H,6,11-12,14H2,1-3H3. The molecule has 0 unspecified atom stereocenters. The third kappa shape index (κ3) is 4.10. The Morgan fingerprint density at radius 2 is 2.04 bits per heavy atom. The van der Waals surface area contributed by atoms with Gasteiger partial charge in [0.15, 0.2) is 11.0 Å². The molecule has 1 heterocycles. The quantitative estimate of drug-likeness (QED) is 0.729. The van der Waals surface area contributed by atoms with E-state index in [0.717, 1.165) is 29.6 Å². The predicted octanol–water partition coefficient (Wildman–Crippen LogP) is 4.49. The van der Waals surface area contributed by atoms with Crippen LogP contribution in [0.5, 0.6) is 5.75 Å². The van der Waals surface area contributed by atoms with Gasteiger partial charge in [0.05, 0.1) is 13.7 Å². The number of aliphatic imine (C=N–C) groups is 1. The number of hydrogen-bond acceptors (Lipinski definition) is 5. The third-order valence-electron chi connectivity index (χ3n) is 4.57. The van der Waals surface area contributed by atoms with E-state index in [-0.39, 0.29) is 12.3 Å². The van der Waals surface area contributed by atoms with Gasteiger partial charge in [-0.1, -0.05) is 36.0 Å². The highest BCUT2D eigenvalue weighted by Gasteiger charge is 2.22. The summed E-state index contributed by atoms with van der Waals surface area (Å²) in [6.07, 6.45) is 1.08. The van der Waals surface area contributed by atoms with Gasteiger partial charge in [0, 0.05) is 23.5 Å². The second-order valence-electron chi connectivity index (χ2n) is 6.33. The van der Waals surface area contributed by atoms with Crippen molar-refractivity contribution in [1.82, 2.24) is 0 Å². The molecule has 0 N–H and O–H groups in total. The molecule has 0 radical (unpaired) electrons. The first-order valence-electron chi connectivity index (χ1n) is 8.78. The number of carbonyl (C=O) groups is 1. The smallest absolute Gasteiger partial charge is 0.182 e. The largest absolute Gasteiger partial charge is 0.497 e. The molecule has 0 bridgehead atoms. The summed E-state index contributed by atoms with van der Waals surface area (Å²) in [5, 5.41) is 0.932. The fourth-order valence-corrected chi connectivity index (χ4v) is 3.88. The zero-order valence-electron chi connectivity index (χ0n) is 15.5. The van der Waals surface area contributed by atoms with Gasteiger partial charge in [0.1, 0.15) is 5.75 Å². The van der Waals surface area contributed by atoms with E-state index in [4.69, 9.17) is 4.74 Å². The normalized spacial score (nSPS) is 13.9. The number of aryl methyl sites for hydroxylation is 1. The zero-order chi connectivity index (χ0) is 18.5. The van der Waals surface area contributed by atoms with Crippen molar-refractivity contribution in [2.45, 2.75) is 20.3 Å². The van der Waals surface area contributed by atoms with Crippen LogP contribution in [0.3, 0.4) is 0 Å². The number of anilines is 1. The van der Waals surface area contributed by atoms with Crippen LogP contribution in [0, 0.1) is 13.8 Å². The maximum atomic E-state index is 13.0. The molecule has 0 amide bonds. The second-order valence-corrected chi connectivity index (χ2v) is 7.39. The zero-order valence-corrected chi connectivity index (χ0v) is 16.3. The molecule has 0 saturated carbocycles. The van der Waals surface area contributed by atoms with Crippen molar-refractivity contribution >= 4 is 28.4 Å². The third-order valence-corrected chi connectivity index (χ3v) is 5.67. The van der Waals surface area contributed by atoms with Crippen molar-refractivity contribution in [1.29, 1.82) is 0 Å². The lowest BCUT2D eigenvalue weighted by Gasteiger charge is -2.29. The molecule has 0 saturated heterocycles. The Morgan fingerprint density at radius 3 is 2.77 bits per heavy atom. The van der Waals surface area contributed by atoms with E-state index in [1.165, 1.54) is 11.1 Å². The first kappa shape index (κ1) is 18.5. The Kier molecular flexibility index (Phi) is 5.99. The molecule has 0 spiro atoms. The number of ether oxygens (including phenoxy) is 1. The van der Waals surface area contributed by atoms with Gasteiger partial charge in [0.25, 0.3) is 0 Å². The van der Waals surface area contributed by atoms with Gasteiger partial charge >= 0.3 is 0 Å². The van der Waals surface area contributed by atoms with E-state index in [9.17, 15) is 4.79 Å². The molecule has 0 fully saturated rings. The summed E-state index contributed by atoms with van der Waals surface area (Å²) in [7, 11) is 1.61. The maximum Gasteiger partial charge on any atom is 0.182 e. The highest BCUT2D eigenvalue weighted by atomic mass is 32.2. The Bertz CT molecular complexity index is 833. The van der Waals surface area contributed by atoms with Crippen LogP contribution >= 0.6 is 11.8 Å². The van der Waals surface area contributed by atoms with Crippen LogP contribution in [0.2, 0.25) is 0 Å². The number of nitrogens with zero attached hydrogens (tertiary/aromatic N) is 2. The number of hydrogen-bond donors (Lipinski definition) is 0. The SMILES string of the molecule is COc1cccc(C(=O)CN(C2=NCCCS2)c2cccc(C)c2C)c1. The number of benzene rings is 2. The van der Waals surface area contributed by atoms with E-state index < -0.39 is 0 Å². The van der Waals surface area contributed by atoms with Crippen molar-refractivity contribution in [3.63, 3.8) is 0 Å². The minimum Gasteiger partial charge on any atom is -0.497 e. The first-order chi connectivity index (χ1) is 12.6. The Hall–Kier alpha value is -2.27. The van der Waals surface area contributed by atoms with Crippen LogP contribution in [0.25, 0.3) is 0 Å². The highest BCUT2D eigenvalue weighted by molar-refractivity contribution is 8.14. The molecule has 3 rings (SSSR count). The molecule has 2 aromatic rings. The molecule has 0 atom stereocenters. The lowest BCUT2D eigenvalue weighted by Crippen LogP contribution is -2.36. The summed E-state index contributed by atoms with van der Waals surface area (Å²) in [4.78, 5) is 19.7. The fourth-order valence-electron chi connectivity index (χ4n) is 2.93. The lowest BCUT2D eigenvalue weighted by molar-refractivity contribution is 0.100. The summed E-state index contributed by atoms with van der Waals surface area (Å²) >= 11 is 1.72. The number of ketones is 1. The minimum atomic E-state index is 0.0543. The van der Waals surface area contributed by atoms with Crippen LogP contribution in [-0.2, 0) is 0 Å². The number of Topliss-reactive ketones (excluding diaryl/α,β-unsaturated/α-hetero) is 1. The number of methoxy groups -OCH3 is 1. The average molecular weight is 369 g/mol. The second kappa shape index (κ2) is 8.41. The summed E-state index contributed by atoms with van der Waals surface area (Å²) in [6, 6.07) is 13.5. The molecule has 0 aromatic heterocycles. The molecule has 1 aliphatic heterocycles. The van der Waals surface area contributed by atoms with E-state index in [1.807, 2.05) is 24.3 Å². The van der Waals surface area contributed by atoms with Crippen molar-refractivity contribution in [3.05, 3.63) is 59.2 Å². The van der Waals surface area contributed by atoms with E-state index in [2.05, 4.69) is 35.9 Å². The molecule has 5 heteroatoms. The highest BCUT2D eigenvalue weighted by Crippen LogP contribution is 2.28. The number of amidine groups is 1. The summed E-state index contributed by atoms with van der Waals surface area (Å²) in [5.41, 5.74) is 4.10. The van der Waals surface area contributed by atoms with Gasteiger partial charge in [0.2, 0.25) is 0 Å². The van der Waals surface area contributed by atoms with Gasteiger partial charge in [-0.2, -0.15) is 0 Å². The van der Waals surface area contributed by atoms with Crippen LogP contribution in [-0.4, -0.2) is 36.9 Å². The number of thioether (sulfide) groups is 1. The van der Waals surface area contributed by atoms with Crippen molar-refractivity contribution in [3.8, 4) is 5.75 Å². The van der Waals surface area contributed by atoms with Gasteiger partial charge in [-0.25, -0.2) is 0 Å². The molecule has 26 heavy (non-hydrogen) atoms. The molecular formula is C21H24N2O2S. The van der Waals surface area contributed by atoms with Crippen molar-refractivity contribution in [2.24, 2.45) is 4.99 Å². The Balaban J connectivity index is 1.94. The average Bonchev–Trinajstić information content (AvgIpc) is 2.69. The molecule has 1 aliphatic rings. The monoisotopic (exact) mass is 368 g/mol. The predicted molar refractivity (Wildman–Crippen MR) is 110 cm³/mol. The van der Waals surface area contributed by atoms with Gasteiger partial charge in [-0.15, -0.1) is 0 Å². The topological polar surface area (TPSA) is 41.9 Å². The van der Waals surface area contributed by atoms with Gasteiger partial charge in [-0.05, 0) is 49.6 Å². The minimum absolute atomic E-state index is 0.0543. The molecule has 2 aromatic carbocycles. The molecule has 4 nitrogen and oxygen atoms in total. The van der Waals surface area contributed by atoms with Gasteiger partial charge < -0.3 is 9.64 Å². The first-order valence-corrected chi connectivity index (χ1v) is 9.77. The fraction of sp³-hybridized carbons (Fsp3) is 0.333. The van der Waals surface area contributed by atoms with Crippen LogP contribution in [0.15, 0.2) is 47.5 Å². The van der Waals surface area contributed by atoms with Crippen molar-refractivity contribution < 1.29 is 9.53 Å². The van der Waals surface area contributed by atoms with Crippen LogP contribution < -0.4 is 9.64 Å². The van der Waals surface area contributed by atoms with Gasteiger partial charge in [-0.3, -0.25) is 9.79 Å². The molecular weight excluding hydrogens is 344 g/mol. The van der Waals surface area contributed by atoms with Crippen molar-refractivity contribution in [2.75, 3.05) is 30.9 Å². The Labute approximate surface area is 159 Å². The van der Waals surface area contributed by atoms with E-state index in [1.54, 1.807) is 24.9 Å². The van der Waals surface area contributed by atoms with E-state index in [0.29, 0.717) is 11.3 Å². The summed E-state index contributed by atoms with van der Waals surface area (Å²) in [5.74, 6) is 1.78. The summed E-state index contributed by atoms with van der Waals surface area (Å²) in [6.45, 7) is 5.28. The Morgan fingerprint density at radius 1 is 1.23 bits per heavy atom. The van der Waals surface area contributed by atoms with Crippen LogP contribution in [0.1, 0.15) is 27.9 Å². The molecule has 0 aliphatic carbocycles. The summed E-state index contributed by atoms with van der Waals surface area (Å²) < 4.78 is 5.25. The lowest BCUT2D eigenvalue weighted by atomic mass is 10.1. The molecule has 136 valence electrons. The number of carbonyl (C=O) groups excluding carboxylic acids is 1. The van der Waals surface area contributed by atoms with Crippen LogP contribution in [0.4, 0.5) is 5.69 Å². The number of rotatable bonds is 5.